The molecule has 0 bridgehead atoms. The Balaban J connectivity index is 2.20. The van der Waals surface area contributed by atoms with Crippen LogP contribution in [-0.2, 0) is 16.3 Å². The van der Waals surface area contributed by atoms with Crippen molar-refractivity contribution in [2.45, 2.75) is 74.0 Å². The van der Waals surface area contributed by atoms with E-state index in [1.165, 1.54) is 0 Å². The largest absolute Gasteiger partial charge is 0.501 e. The van der Waals surface area contributed by atoms with Gasteiger partial charge in [-0.25, -0.2) is 17.2 Å². The van der Waals surface area contributed by atoms with E-state index in [4.69, 9.17) is 0 Å². The molecule has 2 aliphatic rings. The highest BCUT2D eigenvalue weighted by molar-refractivity contribution is 7.92. The lowest BCUT2D eigenvalue weighted by Crippen LogP contribution is -2.31. The van der Waals surface area contributed by atoms with Gasteiger partial charge >= 0.3 is 5.51 Å². The van der Waals surface area contributed by atoms with Crippen molar-refractivity contribution in [1.29, 1.82) is 0 Å². The summed E-state index contributed by atoms with van der Waals surface area (Å²) in [4.78, 5) is -1.33. The molecule has 2 aliphatic carbocycles. The first kappa shape index (κ1) is 21.4. The van der Waals surface area contributed by atoms with Crippen molar-refractivity contribution in [3.05, 3.63) is 28.8 Å². The molecule has 1 saturated carbocycles. The Labute approximate surface area is 159 Å². The fourth-order valence-corrected chi connectivity index (χ4v) is 5.58. The highest BCUT2D eigenvalue weighted by Gasteiger charge is 2.55. The molecular weight excluding hydrogens is 407 g/mol. The maximum atomic E-state index is 14.2. The van der Waals surface area contributed by atoms with E-state index in [1.807, 2.05) is 13.8 Å². The predicted octanol–water partition coefficient (Wildman–Crippen LogP) is 3.86. The van der Waals surface area contributed by atoms with Crippen LogP contribution < -0.4 is 0 Å². The maximum absolute atomic E-state index is 14.2. The second kappa shape index (κ2) is 6.37. The minimum atomic E-state index is -5.91. The second-order valence-electron chi connectivity index (χ2n) is 8.49. The standard InChI is InChI=1S/C18H21F5O4S/c1-16(2)6-9(5-10(24)7-16)11-3-4-13(28(26,27)18(21,22)23)14-12(11)8-17(19,20)15(14)25/h3-4,9-10,15,24-25H,5-8H2,1-2H3/t9-,10+,15+/m1/s1. The van der Waals surface area contributed by atoms with E-state index in [0.717, 1.165) is 6.07 Å². The number of halogens is 5. The van der Waals surface area contributed by atoms with Crippen LogP contribution in [0.5, 0.6) is 0 Å². The van der Waals surface area contributed by atoms with Gasteiger partial charge < -0.3 is 10.2 Å². The Morgan fingerprint density at radius 2 is 1.71 bits per heavy atom. The Hall–Kier alpha value is -1.26. The third kappa shape index (κ3) is 3.43. The lowest BCUT2D eigenvalue weighted by molar-refractivity contribution is -0.0978. The first-order chi connectivity index (χ1) is 12.6. The molecule has 3 atom stereocenters. The van der Waals surface area contributed by atoms with E-state index >= 15 is 0 Å². The predicted molar refractivity (Wildman–Crippen MR) is 89.7 cm³/mol. The van der Waals surface area contributed by atoms with Crippen molar-refractivity contribution in [2.24, 2.45) is 5.41 Å². The molecule has 1 aromatic carbocycles. The molecular formula is C18H21F5O4S. The average Bonchev–Trinajstić information content (AvgIpc) is 2.73. The maximum Gasteiger partial charge on any atom is 0.501 e. The molecule has 158 valence electrons. The topological polar surface area (TPSA) is 74.6 Å². The van der Waals surface area contributed by atoms with E-state index in [0.29, 0.717) is 18.9 Å². The van der Waals surface area contributed by atoms with Gasteiger partial charge in [0.15, 0.2) is 0 Å². The fourth-order valence-electron chi connectivity index (χ4n) is 4.56. The Morgan fingerprint density at radius 3 is 2.25 bits per heavy atom. The molecule has 0 saturated heterocycles. The number of benzene rings is 1. The summed E-state index contributed by atoms with van der Waals surface area (Å²) >= 11 is 0. The third-order valence-corrected chi connectivity index (χ3v) is 7.16. The molecule has 0 amide bonds. The number of aliphatic hydroxyl groups is 2. The summed E-state index contributed by atoms with van der Waals surface area (Å²) in [7, 11) is -5.91. The molecule has 0 aromatic heterocycles. The highest BCUT2D eigenvalue weighted by Crippen LogP contribution is 2.52. The second-order valence-corrected chi connectivity index (χ2v) is 10.4. The van der Waals surface area contributed by atoms with Gasteiger partial charge in [0, 0.05) is 12.0 Å². The quantitative estimate of drug-likeness (QED) is 0.702. The molecule has 0 radical (unpaired) electrons. The van der Waals surface area contributed by atoms with E-state index in [-0.39, 0.29) is 23.0 Å². The SMILES string of the molecule is CC1(C)C[C@@H](O)C[C@@H](c2ccc(S(=O)(=O)C(F)(F)F)c3c2CC(F)(F)[C@H]3O)C1. The summed E-state index contributed by atoms with van der Waals surface area (Å²) in [5.74, 6) is -4.21. The van der Waals surface area contributed by atoms with Gasteiger partial charge in [-0.1, -0.05) is 19.9 Å². The lowest BCUT2D eigenvalue weighted by atomic mass is 9.68. The molecule has 1 fully saturated rings. The molecule has 1 aromatic rings. The highest BCUT2D eigenvalue weighted by atomic mass is 32.2. The summed E-state index contributed by atoms with van der Waals surface area (Å²) in [6.07, 6.45) is -3.20. The number of rotatable bonds is 2. The zero-order valence-corrected chi connectivity index (χ0v) is 16.0. The van der Waals surface area contributed by atoms with Crippen LogP contribution in [0, 0.1) is 5.41 Å². The lowest BCUT2D eigenvalue weighted by Gasteiger charge is -2.39. The summed E-state index contributed by atoms with van der Waals surface area (Å²) in [6.45, 7) is 3.77. The van der Waals surface area contributed by atoms with Gasteiger partial charge in [-0.15, -0.1) is 0 Å². The van der Waals surface area contributed by atoms with Crippen molar-refractivity contribution >= 4 is 9.84 Å². The van der Waals surface area contributed by atoms with Crippen molar-refractivity contribution in [1.82, 2.24) is 0 Å². The number of fused-ring (bicyclic) bond motifs is 1. The number of hydrogen-bond acceptors (Lipinski definition) is 4. The summed E-state index contributed by atoms with van der Waals surface area (Å²) < 4.78 is 91.3. The van der Waals surface area contributed by atoms with Crippen LogP contribution in [0.2, 0.25) is 0 Å². The number of hydrogen-bond donors (Lipinski definition) is 2. The van der Waals surface area contributed by atoms with Gasteiger partial charge in [0.1, 0.15) is 6.10 Å². The van der Waals surface area contributed by atoms with Crippen LogP contribution in [0.25, 0.3) is 0 Å². The molecule has 3 rings (SSSR count). The Morgan fingerprint density at radius 1 is 1.11 bits per heavy atom. The van der Waals surface area contributed by atoms with Crippen molar-refractivity contribution in [2.75, 3.05) is 0 Å². The minimum absolute atomic E-state index is 0.225. The first-order valence-corrected chi connectivity index (χ1v) is 10.3. The van der Waals surface area contributed by atoms with Crippen LogP contribution in [-0.4, -0.2) is 36.2 Å². The molecule has 2 N–H and O–H groups in total. The number of alkyl halides is 5. The molecule has 0 heterocycles. The average molecular weight is 428 g/mol. The molecule has 4 nitrogen and oxygen atoms in total. The van der Waals surface area contributed by atoms with Gasteiger partial charge in [-0.05, 0) is 47.8 Å². The summed E-state index contributed by atoms with van der Waals surface area (Å²) in [5.41, 5.74) is -6.89. The van der Waals surface area contributed by atoms with E-state index in [2.05, 4.69) is 0 Å². The summed E-state index contributed by atoms with van der Waals surface area (Å²) in [6, 6.07) is 1.76. The van der Waals surface area contributed by atoms with Gasteiger partial charge in [0.2, 0.25) is 0 Å². The van der Waals surface area contributed by atoms with Gasteiger partial charge in [-0.3, -0.25) is 0 Å². The number of sulfone groups is 1. The summed E-state index contributed by atoms with van der Waals surface area (Å²) in [5, 5.41) is 20.1. The smallest absolute Gasteiger partial charge is 0.393 e. The molecule has 0 aliphatic heterocycles. The Kier molecular flexibility index (Phi) is 4.88. The van der Waals surface area contributed by atoms with Crippen LogP contribution in [0.15, 0.2) is 17.0 Å². The van der Waals surface area contributed by atoms with Crippen molar-refractivity contribution in [3.63, 3.8) is 0 Å². The van der Waals surface area contributed by atoms with Gasteiger partial charge in [0.05, 0.1) is 11.0 Å². The number of aliphatic hydroxyl groups excluding tert-OH is 2. The van der Waals surface area contributed by atoms with Crippen LogP contribution in [0.1, 0.15) is 61.8 Å². The van der Waals surface area contributed by atoms with E-state index in [9.17, 15) is 40.6 Å². The molecule has 28 heavy (non-hydrogen) atoms. The van der Waals surface area contributed by atoms with E-state index < -0.39 is 56.3 Å². The zero-order valence-electron chi connectivity index (χ0n) is 15.2. The van der Waals surface area contributed by atoms with Crippen LogP contribution in [0.3, 0.4) is 0 Å². The minimum Gasteiger partial charge on any atom is -0.393 e. The van der Waals surface area contributed by atoms with Crippen LogP contribution >= 0.6 is 0 Å². The van der Waals surface area contributed by atoms with Gasteiger partial charge in [0.25, 0.3) is 15.8 Å². The monoisotopic (exact) mass is 428 g/mol. The van der Waals surface area contributed by atoms with Crippen molar-refractivity contribution < 1.29 is 40.6 Å². The van der Waals surface area contributed by atoms with Crippen molar-refractivity contribution in [3.8, 4) is 0 Å². The first-order valence-electron chi connectivity index (χ1n) is 8.78. The molecule has 0 unspecified atom stereocenters. The fraction of sp³-hybridized carbons (Fsp3) is 0.667. The normalized spacial score (nSPS) is 29.5. The molecule has 0 spiro atoms. The van der Waals surface area contributed by atoms with E-state index in [1.54, 1.807) is 0 Å². The van der Waals surface area contributed by atoms with Gasteiger partial charge in [-0.2, -0.15) is 13.2 Å². The third-order valence-electron chi connectivity index (χ3n) is 5.62. The zero-order chi connectivity index (χ0) is 21.3. The van der Waals surface area contributed by atoms with Crippen LogP contribution in [0.4, 0.5) is 22.0 Å². The molecule has 10 heteroatoms. The Bertz CT molecular complexity index is 892.